The minimum atomic E-state index is -3.44. The first-order chi connectivity index (χ1) is 13.1. The predicted octanol–water partition coefficient (Wildman–Crippen LogP) is 2.10. The van der Waals surface area contributed by atoms with E-state index in [4.69, 9.17) is 4.74 Å². The molecule has 1 saturated heterocycles. The largest absolute Gasteiger partial charge is 0.379 e. The fourth-order valence-electron chi connectivity index (χ4n) is 3.05. The van der Waals surface area contributed by atoms with Crippen molar-refractivity contribution in [2.24, 2.45) is 0 Å². The van der Waals surface area contributed by atoms with Crippen LogP contribution in [0.25, 0.3) is 0 Å². The summed E-state index contributed by atoms with van der Waals surface area (Å²) in [4.78, 5) is 16.0. The van der Waals surface area contributed by atoms with Crippen LogP contribution < -0.4 is 5.32 Å². The monoisotopic (exact) mass is 408 g/mol. The van der Waals surface area contributed by atoms with E-state index in [1.807, 2.05) is 11.4 Å². The topological polar surface area (TPSA) is 75.7 Å². The number of morpholine rings is 1. The average molecular weight is 409 g/mol. The van der Waals surface area contributed by atoms with Crippen LogP contribution in [0.15, 0.2) is 52.7 Å². The summed E-state index contributed by atoms with van der Waals surface area (Å²) in [5.41, 5.74) is 0. The third-order valence-corrected chi connectivity index (χ3v) is 7.26. The number of nitrogens with zero attached hydrogens (tertiary/aromatic N) is 1. The van der Waals surface area contributed by atoms with E-state index in [0.29, 0.717) is 19.8 Å². The number of rotatable bonds is 8. The summed E-state index contributed by atoms with van der Waals surface area (Å²) in [5.74, 6) is -0.436. The van der Waals surface area contributed by atoms with Crippen molar-refractivity contribution in [3.8, 4) is 0 Å². The number of nitrogens with one attached hydrogen (secondary N) is 1. The van der Waals surface area contributed by atoms with E-state index < -0.39 is 9.84 Å². The SMILES string of the molecule is O=C(CCS(=O)(=O)c1ccccc1)NC[C@H](c1cccs1)N1CCOCC1. The minimum absolute atomic E-state index is 0.0441. The zero-order chi connectivity index (χ0) is 19.1. The van der Waals surface area contributed by atoms with Gasteiger partial charge >= 0.3 is 0 Å². The average Bonchev–Trinajstić information content (AvgIpc) is 3.23. The Kier molecular flexibility index (Phi) is 7.01. The fourth-order valence-corrected chi connectivity index (χ4v) is 5.17. The quantitative estimate of drug-likeness (QED) is 0.724. The summed E-state index contributed by atoms with van der Waals surface area (Å²) in [6.45, 7) is 3.47. The van der Waals surface area contributed by atoms with Gasteiger partial charge in [-0.3, -0.25) is 9.69 Å². The van der Waals surface area contributed by atoms with Crippen LogP contribution in [0.2, 0.25) is 0 Å². The normalized spacial score (nSPS) is 16.7. The highest BCUT2D eigenvalue weighted by Crippen LogP contribution is 2.25. The van der Waals surface area contributed by atoms with E-state index in [1.165, 1.54) is 4.88 Å². The molecule has 0 bridgehead atoms. The Balaban J connectivity index is 1.55. The molecule has 2 aromatic rings. The van der Waals surface area contributed by atoms with Crippen LogP contribution in [0.3, 0.4) is 0 Å². The van der Waals surface area contributed by atoms with Crippen LogP contribution in [0, 0.1) is 0 Å². The first-order valence-electron chi connectivity index (χ1n) is 8.96. The number of benzene rings is 1. The zero-order valence-corrected chi connectivity index (χ0v) is 16.7. The highest BCUT2D eigenvalue weighted by molar-refractivity contribution is 7.91. The smallest absolute Gasteiger partial charge is 0.221 e. The Morgan fingerprint density at radius 2 is 1.89 bits per heavy atom. The van der Waals surface area contributed by atoms with Gasteiger partial charge in [-0.15, -0.1) is 11.3 Å². The van der Waals surface area contributed by atoms with E-state index in [9.17, 15) is 13.2 Å². The van der Waals surface area contributed by atoms with Gasteiger partial charge in [-0.2, -0.15) is 0 Å². The van der Waals surface area contributed by atoms with Crippen molar-refractivity contribution in [3.05, 3.63) is 52.7 Å². The standard InChI is InChI=1S/C19H24N2O4S2/c22-19(8-14-27(23,24)16-5-2-1-3-6-16)20-15-17(18-7-4-13-26-18)21-9-11-25-12-10-21/h1-7,13,17H,8-12,14-15H2,(H,20,22)/t17-/m1/s1. The molecule has 0 unspecified atom stereocenters. The van der Waals surface area contributed by atoms with Crippen LogP contribution in [0.4, 0.5) is 0 Å². The summed E-state index contributed by atoms with van der Waals surface area (Å²) in [6, 6.07) is 12.4. The Morgan fingerprint density at radius 1 is 1.15 bits per heavy atom. The number of thiophene rings is 1. The molecule has 0 aliphatic carbocycles. The maximum atomic E-state index is 12.3. The van der Waals surface area contributed by atoms with Gasteiger partial charge in [-0.25, -0.2) is 8.42 Å². The molecule has 0 radical (unpaired) electrons. The third-order valence-electron chi connectivity index (χ3n) is 4.55. The van der Waals surface area contributed by atoms with Crippen LogP contribution >= 0.6 is 11.3 Å². The summed E-state index contributed by atoms with van der Waals surface area (Å²) < 4.78 is 30.0. The molecule has 1 aliphatic heterocycles. The molecule has 1 aromatic carbocycles. The second-order valence-electron chi connectivity index (χ2n) is 6.37. The highest BCUT2D eigenvalue weighted by atomic mass is 32.2. The van der Waals surface area contributed by atoms with Crippen molar-refractivity contribution in [2.75, 3.05) is 38.6 Å². The number of sulfone groups is 1. The van der Waals surface area contributed by atoms with Gasteiger partial charge in [0.15, 0.2) is 9.84 Å². The number of amides is 1. The maximum absolute atomic E-state index is 12.3. The molecule has 1 fully saturated rings. The van der Waals surface area contributed by atoms with E-state index in [0.717, 1.165) is 13.1 Å². The molecule has 3 rings (SSSR count). The lowest BCUT2D eigenvalue weighted by Crippen LogP contribution is -2.43. The first-order valence-corrected chi connectivity index (χ1v) is 11.5. The van der Waals surface area contributed by atoms with Crippen molar-refractivity contribution in [2.45, 2.75) is 17.4 Å². The van der Waals surface area contributed by atoms with Gasteiger partial charge in [0.2, 0.25) is 5.91 Å². The van der Waals surface area contributed by atoms with Gasteiger partial charge < -0.3 is 10.1 Å². The molecule has 2 heterocycles. The van der Waals surface area contributed by atoms with E-state index in [2.05, 4.69) is 16.3 Å². The molecule has 1 aromatic heterocycles. The summed E-state index contributed by atoms with van der Waals surface area (Å²) in [7, 11) is -3.44. The fraction of sp³-hybridized carbons (Fsp3) is 0.421. The number of hydrogen-bond donors (Lipinski definition) is 1. The lowest BCUT2D eigenvalue weighted by Gasteiger charge is -2.34. The Hall–Kier alpha value is -1.74. The second-order valence-corrected chi connectivity index (χ2v) is 9.45. The van der Waals surface area contributed by atoms with Crippen molar-refractivity contribution in [3.63, 3.8) is 0 Å². The Labute approximate surface area is 164 Å². The van der Waals surface area contributed by atoms with Crippen molar-refractivity contribution < 1.29 is 17.9 Å². The molecular formula is C19H24N2O4S2. The number of carbonyl (C=O) groups is 1. The second kappa shape index (κ2) is 9.45. The number of ether oxygens (including phenoxy) is 1. The number of carbonyl (C=O) groups excluding carboxylic acids is 1. The molecule has 27 heavy (non-hydrogen) atoms. The van der Waals surface area contributed by atoms with Gasteiger partial charge in [-0.1, -0.05) is 24.3 Å². The number of hydrogen-bond acceptors (Lipinski definition) is 6. The molecule has 1 aliphatic rings. The molecular weight excluding hydrogens is 384 g/mol. The van der Waals surface area contributed by atoms with Crippen LogP contribution in [-0.2, 0) is 19.4 Å². The van der Waals surface area contributed by atoms with Gasteiger partial charge in [0, 0.05) is 30.9 Å². The molecule has 1 amide bonds. The van der Waals surface area contributed by atoms with Crippen molar-refractivity contribution in [1.29, 1.82) is 0 Å². The molecule has 1 atom stereocenters. The molecule has 1 N–H and O–H groups in total. The Bertz CT molecular complexity index is 817. The van der Waals surface area contributed by atoms with Crippen molar-refractivity contribution in [1.82, 2.24) is 10.2 Å². The molecule has 0 spiro atoms. The first kappa shape index (κ1) is 20.0. The van der Waals surface area contributed by atoms with E-state index in [-0.39, 0.29) is 29.0 Å². The summed E-state index contributed by atoms with van der Waals surface area (Å²) in [5, 5.41) is 4.94. The third kappa shape index (κ3) is 5.62. The van der Waals surface area contributed by atoms with Crippen LogP contribution in [-0.4, -0.2) is 57.8 Å². The molecule has 6 nitrogen and oxygen atoms in total. The van der Waals surface area contributed by atoms with Gasteiger partial charge in [-0.05, 0) is 23.6 Å². The molecule has 146 valence electrons. The van der Waals surface area contributed by atoms with E-state index in [1.54, 1.807) is 41.7 Å². The van der Waals surface area contributed by atoms with E-state index >= 15 is 0 Å². The van der Waals surface area contributed by atoms with Gasteiger partial charge in [0.25, 0.3) is 0 Å². The van der Waals surface area contributed by atoms with Crippen molar-refractivity contribution >= 4 is 27.1 Å². The lowest BCUT2D eigenvalue weighted by molar-refractivity contribution is -0.121. The van der Waals surface area contributed by atoms with Gasteiger partial charge in [0.05, 0.1) is 29.9 Å². The van der Waals surface area contributed by atoms with Crippen LogP contribution in [0.5, 0.6) is 0 Å². The maximum Gasteiger partial charge on any atom is 0.221 e. The Morgan fingerprint density at radius 3 is 2.56 bits per heavy atom. The lowest BCUT2D eigenvalue weighted by atomic mass is 10.2. The zero-order valence-electron chi connectivity index (χ0n) is 15.0. The predicted molar refractivity (Wildman–Crippen MR) is 106 cm³/mol. The van der Waals surface area contributed by atoms with Crippen LogP contribution in [0.1, 0.15) is 17.3 Å². The van der Waals surface area contributed by atoms with Gasteiger partial charge in [0.1, 0.15) is 0 Å². The highest BCUT2D eigenvalue weighted by Gasteiger charge is 2.24. The minimum Gasteiger partial charge on any atom is -0.379 e. The summed E-state index contributed by atoms with van der Waals surface area (Å²) in [6.07, 6.45) is -0.0441. The molecule has 0 saturated carbocycles. The summed E-state index contributed by atoms with van der Waals surface area (Å²) >= 11 is 1.66. The molecule has 8 heteroatoms.